The highest BCUT2D eigenvalue weighted by molar-refractivity contribution is 5.93. The highest BCUT2D eigenvalue weighted by Gasteiger charge is 2.39. The van der Waals surface area contributed by atoms with Crippen LogP contribution >= 0.6 is 0 Å². The SMILES string of the molecule is COCCN(C(=O)c1cc(C)on1)C1CCN(C(C)=O)[C@@H](C(=O)NCC2CCC(CN)CC2)C1. The maximum Gasteiger partial charge on any atom is 0.276 e. The number of carbonyl (C=O) groups is 3. The van der Waals surface area contributed by atoms with Crippen molar-refractivity contribution in [1.29, 1.82) is 0 Å². The number of aryl methyl sites for hydroxylation is 1. The van der Waals surface area contributed by atoms with Crippen LogP contribution in [0.4, 0.5) is 0 Å². The molecule has 3 N–H and O–H groups in total. The first-order valence-electron chi connectivity index (χ1n) is 12.3. The normalized spacial score (nSPS) is 25.1. The minimum Gasteiger partial charge on any atom is -0.383 e. The summed E-state index contributed by atoms with van der Waals surface area (Å²) in [7, 11) is 1.58. The van der Waals surface area contributed by atoms with Gasteiger partial charge in [-0.15, -0.1) is 0 Å². The first-order chi connectivity index (χ1) is 16.3. The van der Waals surface area contributed by atoms with Crippen LogP contribution in [0.3, 0.4) is 0 Å². The van der Waals surface area contributed by atoms with Crippen LogP contribution in [0.15, 0.2) is 10.6 Å². The number of amides is 3. The number of aromatic nitrogens is 1. The van der Waals surface area contributed by atoms with Crippen LogP contribution in [0, 0.1) is 18.8 Å². The molecule has 1 unspecified atom stereocenters. The average Bonchev–Trinajstić information content (AvgIpc) is 3.29. The number of hydrogen-bond donors (Lipinski definition) is 2. The molecule has 0 aromatic carbocycles. The zero-order chi connectivity index (χ0) is 24.7. The third-order valence-corrected chi connectivity index (χ3v) is 7.23. The number of hydrogen-bond acceptors (Lipinski definition) is 7. The predicted molar refractivity (Wildman–Crippen MR) is 126 cm³/mol. The molecule has 1 aromatic rings. The van der Waals surface area contributed by atoms with Gasteiger partial charge in [0.15, 0.2) is 5.69 Å². The number of ether oxygens (including phenoxy) is 1. The molecule has 2 heterocycles. The Morgan fingerprint density at radius 2 is 1.94 bits per heavy atom. The van der Waals surface area contributed by atoms with Gasteiger partial charge in [0, 0.05) is 45.8 Å². The van der Waals surface area contributed by atoms with Gasteiger partial charge in [-0.25, -0.2) is 0 Å². The molecule has 0 radical (unpaired) electrons. The number of nitrogens with two attached hydrogens (primary N) is 1. The van der Waals surface area contributed by atoms with Crippen molar-refractivity contribution in [2.75, 3.05) is 39.9 Å². The third kappa shape index (κ3) is 6.56. The molecule has 1 aliphatic carbocycles. The highest BCUT2D eigenvalue weighted by Crippen LogP contribution is 2.28. The standard InChI is InChI=1S/C24H39N5O5/c1-16-12-21(27-34-16)24(32)29(10-11-33-3)20-8-9-28(17(2)30)22(13-20)23(31)26-15-19-6-4-18(14-25)5-7-19/h12,18-20,22H,4-11,13-15,25H2,1-3H3,(H,26,31)/t18?,19?,20?,22-/m1/s1. The molecule has 1 saturated carbocycles. The van der Waals surface area contributed by atoms with Crippen LogP contribution < -0.4 is 11.1 Å². The summed E-state index contributed by atoms with van der Waals surface area (Å²) in [6.07, 6.45) is 5.27. The van der Waals surface area contributed by atoms with E-state index in [1.807, 2.05) is 0 Å². The molecule has 2 fully saturated rings. The van der Waals surface area contributed by atoms with Gasteiger partial charge in [-0.05, 0) is 63.8 Å². The Kier molecular flexibility index (Phi) is 9.46. The van der Waals surface area contributed by atoms with Crippen molar-refractivity contribution in [1.82, 2.24) is 20.3 Å². The summed E-state index contributed by atoms with van der Waals surface area (Å²) in [5.74, 6) is 1.03. The first-order valence-corrected chi connectivity index (χ1v) is 12.3. The van der Waals surface area contributed by atoms with E-state index in [0.717, 1.165) is 32.2 Å². The highest BCUT2D eigenvalue weighted by atomic mass is 16.5. The number of piperidine rings is 1. The summed E-state index contributed by atoms with van der Waals surface area (Å²) in [5.41, 5.74) is 6.02. The largest absolute Gasteiger partial charge is 0.383 e. The maximum atomic E-state index is 13.2. The van der Waals surface area contributed by atoms with Crippen molar-refractivity contribution in [2.45, 2.75) is 64.5 Å². The van der Waals surface area contributed by atoms with Gasteiger partial charge in [0.1, 0.15) is 11.8 Å². The molecule has 0 bridgehead atoms. The lowest BCUT2D eigenvalue weighted by Gasteiger charge is -2.42. The van der Waals surface area contributed by atoms with E-state index in [1.165, 1.54) is 6.92 Å². The lowest BCUT2D eigenvalue weighted by Crippen LogP contribution is -2.58. The maximum absolute atomic E-state index is 13.2. The fraction of sp³-hybridized carbons (Fsp3) is 0.750. The van der Waals surface area contributed by atoms with Crippen LogP contribution in [0.5, 0.6) is 0 Å². The van der Waals surface area contributed by atoms with E-state index in [4.69, 9.17) is 15.0 Å². The average molecular weight is 478 g/mol. The van der Waals surface area contributed by atoms with E-state index < -0.39 is 6.04 Å². The molecule has 10 heteroatoms. The van der Waals surface area contributed by atoms with Crippen LogP contribution in [-0.4, -0.2) is 84.7 Å². The molecule has 3 amide bonds. The van der Waals surface area contributed by atoms with Gasteiger partial charge >= 0.3 is 0 Å². The Hall–Kier alpha value is -2.46. The van der Waals surface area contributed by atoms with Gasteiger partial charge < -0.3 is 30.1 Å². The zero-order valence-corrected chi connectivity index (χ0v) is 20.6. The lowest BCUT2D eigenvalue weighted by atomic mass is 9.82. The van der Waals surface area contributed by atoms with Gasteiger partial charge in [-0.1, -0.05) is 5.16 Å². The molecule has 2 atom stereocenters. The minimum absolute atomic E-state index is 0.135. The zero-order valence-electron chi connectivity index (χ0n) is 20.6. The van der Waals surface area contributed by atoms with E-state index in [9.17, 15) is 14.4 Å². The van der Waals surface area contributed by atoms with Gasteiger partial charge in [0.2, 0.25) is 11.8 Å². The quantitative estimate of drug-likeness (QED) is 0.549. The summed E-state index contributed by atoms with van der Waals surface area (Å²) in [4.78, 5) is 42.0. The second kappa shape index (κ2) is 12.3. The Morgan fingerprint density at radius 3 is 2.53 bits per heavy atom. The van der Waals surface area contributed by atoms with E-state index in [2.05, 4.69) is 10.5 Å². The molecular formula is C24H39N5O5. The molecule has 34 heavy (non-hydrogen) atoms. The fourth-order valence-corrected chi connectivity index (χ4v) is 5.14. The Balaban J connectivity index is 1.67. The minimum atomic E-state index is -0.617. The summed E-state index contributed by atoms with van der Waals surface area (Å²) in [6.45, 7) is 5.69. The molecule has 1 saturated heterocycles. The molecule has 3 rings (SSSR count). The second-order valence-electron chi connectivity index (χ2n) is 9.59. The molecule has 10 nitrogen and oxygen atoms in total. The summed E-state index contributed by atoms with van der Waals surface area (Å²) < 4.78 is 10.3. The monoisotopic (exact) mass is 477 g/mol. The topological polar surface area (TPSA) is 131 Å². The Morgan fingerprint density at radius 1 is 1.24 bits per heavy atom. The van der Waals surface area contributed by atoms with Crippen LogP contribution in [-0.2, 0) is 14.3 Å². The van der Waals surface area contributed by atoms with E-state index in [1.54, 1.807) is 29.9 Å². The van der Waals surface area contributed by atoms with Gasteiger partial charge in [-0.3, -0.25) is 14.4 Å². The van der Waals surface area contributed by atoms with Crippen molar-refractivity contribution >= 4 is 17.7 Å². The molecule has 1 aromatic heterocycles. The van der Waals surface area contributed by atoms with E-state index in [-0.39, 0.29) is 29.5 Å². The van der Waals surface area contributed by atoms with Crippen LogP contribution in [0.1, 0.15) is 61.7 Å². The number of rotatable bonds is 9. The van der Waals surface area contributed by atoms with Crippen molar-refractivity contribution in [2.24, 2.45) is 17.6 Å². The second-order valence-corrected chi connectivity index (χ2v) is 9.59. The summed E-state index contributed by atoms with van der Waals surface area (Å²) in [5, 5.41) is 6.96. The smallest absolute Gasteiger partial charge is 0.276 e. The first kappa shape index (κ1) is 26.2. The molecular weight excluding hydrogens is 438 g/mol. The number of nitrogens with one attached hydrogen (secondary N) is 1. The van der Waals surface area contributed by atoms with Crippen LogP contribution in [0.2, 0.25) is 0 Å². The molecule has 0 spiro atoms. The Labute approximate surface area is 201 Å². The molecule has 2 aliphatic rings. The van der Waals surface area contributed by atoms with Crippen molar-refractivity contribution in [3.05, 3.63) is 17.5 Å². The summed E-state index contributed by atoms with van der Waals surface area (Å²) in [6, 6.07) is 0.774. The van der Waals surface area contributed by atoms with Crippen LogP contribution in [0.25, 0.3) is 0 Å². The fourth-order valence-electron chi connectivity index (χ4n) is 5.14. The molecule has 190 valence electrons. The van der Waals surface area contributed by atoms with Crippen molar-refractivity contribution < 1.29 is 23.6 Å². The van der Waals surface area contributed by atoms with Crippen molar-refractivity contribution in [3.63, 3.8) is 0 Å². The van der Waals surface area contributed by atoms with E-state index >= 15 is 0 Å². The summed E-state index contributed by atoms with van der Waals surface area (Å²) >= 11 is 0. The number of methoxy groups -OCH3 is 1. The van der Waals surface area contributed by atoms with Crippen molar-refractivity contribution in [3.8, 4) is 0 Å². The Bertz CT molecular complexity index is 835. The third-order valence-electron chi connectivity index (χ3n) is 7.23. The van der Waals surface area contributed by atoms with Gasteiger partial charge in [0.25, 0.3) is 5.91 Å². The number of likely N-dealkylation sites (tertiary alicyclic amines) is 1. The van der Waals surface area contributed by atoms with Gasteiger partial charge in [0.05, 0.1) is 6.61 Å². The van der Waals surface area contributed by atoms with Gasteiger partial charge in [-0.2, -0.15) is 0 Å². The predicted octanol–water partition coefficient (Wildman–Crippen LogP) is 1.33. The number of nitrogens with zero attached hydrogens (tertiary/aromatic N) is 3. The van der Waals surface area contributed by atoms with E-state index in [0.29, 0.717) is 56.7 Å². The molecule has 1 aliphatic heterocycles. The lowest BCUT2D eigenvalue weighted by molar-refractivity contribution is -0.142. The number of carbonyl (C=O) groups excluding carboxylic acids is 3.